The van der Waals surface area contributed by atoms with Gasteiger partial charge in [0.25, 0.3) is 0 Å². The van der Waals surface area contributed by atoms with Crippen molar-refractivity contribution in [2.24, 2.45) is 0 Å². The second kappa shape index (κ2) is 6.23. The fourth-order valence-corrected chi connectivity index (χ4v) is 2.60. The molecule has 3 rings (SSSR count). The van der Waals surface area contributed by atoms with E-state index in [0.717, 1.165) is 18.2 Å². The molecule has 0 radical (unpaired) electrons. The Morgan fingerprint density at radius 1 is 1.05 bits per heavy atom. The Morgan fingerprint density at radius 2 is 1.82 bits per heavy atom. The molecule has 2 aromatic rings. The van der Waals surface area contributed by atoms with E-state index in [9.17, 15) is 13.6 Å². The number of halogens is 2. The van der Waals surface area contributed by atoms with Crippen molar-refractivity contribution in [1.82, 2.24) is 10.6 Å². The molecule has 5 heteroatoms. The number of amides is 1. The molecule has 2 aromatic carbocycles. The Morgan fingerprint density at radius 3 is 2.55 bits per heavy atom. The van der Waals surface area contributed by atoms with E-state index in [0.29, 0.717) is 18.5 Å². The summed E-state index contributed by atoms with van der Waals surface area (Å²) in [6, 6.07) is 11.0. The van der Waals surface area contributed by atoms with Crippen LogP contribution in [0.1, 0.15) is 5.56 Å². The number of carbonyl (C=O) groups excluding carboxylic acids is 1. The van der Waals surface area contributed by atoms with E-state index in [-0.39, 0.29) is 17.5 Å². The highest BCUT2D eigenvalue weighted by atomic mass is 19.2. The topological polar surface area (TPSA) is 41.1 Å². The van der Waals surface area contributed by atoms with Crippen molar-refractivity contribution in [2.75, 3.05) is 13.1 Å². The first-order valence-electron chi connectivity index (χ1n) is 7.19. The maximum Gasteiger partial charge on any atom is 0.237 e. The molecule has 1 unspecified atom stereocenters. The molecule has 0 saturated carbocycles. The normalized spacial score (nSPS) is 18.1. The highest BCUT2D eigenvalue weighted by molar-refractivity contribution is 5.82. The van der Waals surface area contributed by atoms with E-state index in [1.165, 1.54) is 6.07 Å². The van der Waals surface area contributed by atoms with Crippen molar-refractivity contribution < 1.29 is 13.6 Å². The lowest BCUT2D eigenvalue weighted by Gasteiger charge is -2.23. The molecule has 22 heavy (non-hydrogen) atoms. The van der Waals surface area contributed by atoms with Crippen LogP contribution in [0.2, 0.25) is 0 Å². The molecule has 1 saturated heterocycles. The van der Waals surface area contributed by atoms with Crippen LogP contribution in [-0.4, -0.2) is 25.0 Å². The summed E-state index contributed by atoms with van der Waals surface area (Å²) in [5.74, 6) is -1.71. The third kappa shape index (κ3) is 2.99. The predicted molar refractivity (Wildman–Crippen MR) is 80.3 cm³/mol. The Hall–Kier alpha value is -2.27. The maximum atomic E-state index is 13.8. The Kier molecular flexibility index (Phi) is 4.15. The van der Waals surface area contributed by atoms with Crippen LogP contribution in [0.15, 0.2) is 42.5 Å². The van der Waals surface area contributed by atoms with E-state index in [1.54, 1.807) is 18.2 Å². The van der Waals surface area contributed by atoms with Crippen LogP contribution in [0, 0.1) is 11.6 Å². The van der Waals surface area contributed by atoms with Gasteiger partial charge in [0.1, 0.15) is 0 Å². The zero-order valence-electron chi connectivity index (χ0n) is 11.9. The summed E-state index contributed by atoms with van der Waals surface area (Å²) in [5.41, 5.74) is 1.82. The fourth-order valence-electron chi connectivity index (χ4n) is 2.60. The summed E-state index contributed by atoms with van der Waals surface area (Å²) in [4.78, 5) is 11.7. The van der Waals surface area contributed by atoms with Gasteiger partial charge in [0.05, 0.1) is 6.04 Å². The molecule has 1 atom stereocenters. The first-order valence-corrected chi connectivity index (χ1v) is 7.19. The zero-order chi connectivity index (χ0) is 15.5. The molecular formula is C17H16F2N2O. The van der Waals surface area contributed by atoms with Gasteiger partial charge in [-0.1, -0.05) is 36.4 Å². The van der Waals surface area contributed by atoms with E-state index in [2.05, 4.69) is 10.6 Å². The van der Waals surface area contributed by atoms with Crippen molar-refractivity contribution >= 4 is 5.91 Å². The van der Waals surface area contributed by atoms with Crippen molar-refractivity contribution in [1.29, 1.82) is 0 Å². The minimum Gasteiger partial charge on any atom is -0.353 e. The molecule has 1 amide bonds. The van der Waals surface area contributed by atoms with Crippen molar-refractivity contribution in [3.05, 3.63) is 59.7 Å². The molecule has 0 aromatic heterocycles. The summed E-state index contributed by atoms with van der Waals surface area (Å²) in [7, 11) is 0. The minimum atomic E-state index is -0.857. The second-order valence-corrected chi connectivity index (χ2v) is 5.30. The highest BCUT2D eigenvalue weighted by Crippen LogP contribution is 2.24. The Bertz CT molecular complexity index is 686. The van der Waals surface area contributed by atoms with Crippen LogP contribution in [0.25, 0.3) is 11.1 Å². The number of benzene rings is 2. The SMILES string of the molecule is O=C1NCCNC1Cc1ccc(-c2cccc(F)c2F)cc1. The van der Waals surface area contributed by atoms with Gasteiger partial charge in [-0.15, -0.1) is 0 Å². The second-order valence-electron chi connectivity index (χ2n) is 5.30. The molecule has 0 bridgehead atoms. The molecule has 3 nitrogen and oxygen atoms in total. The Labute approximate surface area is 127 Å². The number of hydrogen-bond acceptors (Lipinski definition) is 2. The lowest BCUT2D eigenvalue weighted by Crippen LogP contribution is -2.53. The van der Waals surface area contributed by atoms with E-state index in [4.69, 9.17) is 0 Å². The average molecular weight is 302 g/mol. The van der Waals surface area contributed by atoms with Gasteiger partial charge in [0.15, 0.2) is 11.6 Å². The van der Waals surface area contributed by atoms with Crippen LogP contribution < -0.4 is 10.6 Å². The largest absolute Gasteiger partial charge is 0.353 e. The van der Waals surface area contributed by atoms with Gasteiger partial charge < -0.3 is 10.6 Å². The minimum absolute atomic E-state index is 0.00787. The third-order valence-electron chi connectivity index (χ3n) is 3.79. The number of rotatable bonds is 3. The van der Waals surface area contributed by atoms with Crippen LogP contribution in [0.5, 0.6) is 0 Å². The van der Waals surface area contributed by atoms with Crippen molar-refractivity contribution in [3.63, 3.8) is 0 Å². The van der Waals surface area contributed by atoms with Gasteiger partial charge in [0, 0.05) is 18.7 Å². The first-order chi connectivity index (χ1) is 10.6. The van der Waals surface area contributed by atoms with Crippen LogP contribution in [0.3, 0.4) is 0 Å². The lowest BCUT2D eigenvalue weighted by molar-refractivity contribution is -0.124. The smallest absolute Gasteiger partial charge is 0.237 e. The van der Waals surface area contributed by atoms with Gasteiger partial charge >= 0.3 is 0 Å². The van der Waals surface area contributed by atoms with Crippen molar-refractivity contribution in [2.45, 2.75) is 12.5 Å². The van der Waals surface area contributed by atoms with E-state index >= 15 is 0 Å². The fraction of sp³-hybridized carbons (Fsp3) is 0.235. The molecule has 0 aliphatic carbocycles. The molecule has 1 aliphatic heterocycles. The summed E-state index contributed by atoms with van der Waals surface area (Å²) in [5, 5.41) is 5.97. The van der Waals surface area contributed by atoms with Crippen LogP contribution in [-0.2, 0) is 11.2 Å². The quantitative estimate of drug-likeness (QED) is 0.913. The van der Waals surface area contributed by atoms with Gasteiger partial charge in [-0.2, -0.15) is 0 Å². The zero-order valence-corrected chi connectivity index (χ0v) is 11.9. The van der Waals surface area contributed by atoms with Gasteiger partial charge in [0.2, 0.25) is 5.91 Å². The van der Waals surface area contributed by atoms with Gasteiger partial charge in [-0.05, 0) is 23.6 Å². The molecular weight excluding hydrogens is 286 g/mol. The average Bonchev–Trinajstić information content (AvgIpc) is 2.53. The lowest BCUT2D eigenvalue weighted by atomic mass is 9.99. The highest BCUT2D eigenvalue weighted by Gasteiger charge is 2.21. The number of carbonyl (C=O) groups is 1. The van der Waals surface area contributed by atoms with Crippen LogP contribution >= 0.6 is 0 Å². The molecule has 1 fully saturated rings. The Balaban J connectivity index is 1.78. The molecule has 1 heterocycles. The monoisotopic (exact) mass is 302 g/mol. The summed E-state index contributed by atoms with van der Waals surface area (Å²) in [6.45, 7) is 1.40. The number of nitrogens with one attached hydrogen (secondary N) is 2. The first kappa shape index (κ1) is 14.7. The standard InChI is InChI=1S/C17H16F2N2O/c18-14-3-1-2-13(16(14)19)12-6-4-11(5-7-12)10-15-17(22)21-9-8-20-15/h1-7,15,20H,8-10H2,(H,21,22). The van der Waals surface area contributed by atoms with Gasteiger partial charge in [-0.3, -0.25) is 4.79 Å². The molecule has 2 N–H and O–H groups in total. The van der Waals surface area contributed by atoms with Crippen LogP contribution in [0.4, 0.5) is 8.78 Å². The third-order valence-corrected chi connectivity index (χ3v) is 3.79. The predicted octanol–water partition coefficient (Wildman–Crippen LogP) is 2.26. The summed E-state index contributed by atoms with van der Waals surface area (Å²) < 4.78 is 27.0. The number of hydrogen-bond donors (Lipinski definition) is 2. The van der Waals surface area contributed by atoms with E-state index < -0.39 is 11.6 Å². The summed E-state index contributed by atoms with van der Waals surface area (Å²) in [6.07, 6.45) is 0.567. The molecule has 0 spiro atoms. The molecule has 114 valence electrons. The number of piperazine rings is 1. The molecule has 1 aliphatic rings. The van der Waals surface area contributed by atoms with Crippen molar-refractivity contribution in [3.8, 4) is 11.1 Å². The summed E-state index contributed by atoms with van der Waals surface area (Å²) >= 11 is 0. The van der Waals surface area contributed by atoms with Gasteiger partial charge in [-0.25, -0.2) is 8.78 Å². The van der Waals surface area contributed by atoms with E-state index in [1.807, 2.05) is 12.1 Å². The maximum absolute atomic E-state index is 13.8.